The number of carbonyl (C=O) groups is 1. The van der Waals surface area contributed by atoms with Gasteiger partial charge >= 0.3 is 0 Å². The number of aryl methyl sites for hydroxylation is 1. The van der Waals surface area contributed by atoms with Gasteiger partial charge in [0, 0.05) is 40.5 Å². The van der Waals surface area contributed by atoms with Gasteiger partial charge in [0.05, 0.1) is 0 Å². The molecule has 1 fully saturated rings. The lowest BCUT2D eigenvalue weighted by Gasteiger charge is -2.47. The Hall–Kier alpha value is -1.87. The summed E-state index contributed by atoms with van der Waals surface area (Å²) in [7, 11) is 0. The Morgan fingerprint density at radius 1 is 1.00 bits per heavy atom. The van der Waals surface area contributed by atoms with Crippen molar-refractivity contribution in [2.24, 2.45) is 0 Å². The van der Waals surface area contributed by atoms with Crippen LogP contribution >= 0.6 is 0 Å². The van der Waals surface area contributed by atoms with Crippen LogP contribution in [0.3, 0.4) is 0 Å². The predicted octanol–water partition coefficient (Wildman–Crippen LogP) is 5.46. The van der Waals surface area contributed by atoms with Gasteiger partial charge in [0.2, 0.25) is 0 Å². The second-order valence-electron chi connectivity index (χ2n) is 9.86. The fraction of sp³-hybridized carbons (Fsp3) is 0.542. The summed E-state index contributed by atoms with van der Waals surface area (Å²) in [5, 5.41) is 3.80. The molecule has 2 aromatic rings. The SMILES string of the molecule is Cc1ccc(-c2cc3c(n2C2CC(C)(C)NC(C)(C)C2)CCCC3=O)cc1. The third kappa shape index (κ3) is 3.50. The Balaban J connectivity index is 1.88. The molecule has 27 heavy (non-hydrogen) atoms. The molecule has 1 saturated heterocycles. The lowest BCUT2D eigenvalue weighted by molar-refractivity contribution is 0.0970. The molecule has 2 aliphatic rings. The summed E-state index contributed by atoms with van der Waals surface area (Å²) in [4.78, 5) is 12.6. The molecule has 0 bridgehead atoms. The Kier molecular flexibility index (Phi) is 4.34. The number of hydrogen-bond acceptors (Lipinski definition) is 2. The molecule has 0 unspecified atom stereocenters. The molecule has 4 rings (SSSR count). The zero-order chi connectivity index (χ0) is 19.4. The van der Waals surface area contributed by atoms with Gasteiger partial charge in [-0.05, 0) is 71.9 Å². The molecular formula is C24H32N2O. The molecule has 3 heteroatoms. The summed E-state index contributed by atoms with van der Waals surface area (Å²) in [6.07, 6.45) is 4.82. The van der Waals surface area contributed by atoms with Crippen molar-refractivity contribution in [3.8, 4) is 11.3 Å². The van der Waals surface area contributed by atoms with Gasteiger partial charge in [0.25, 0.3) is 0 Å². The third-order valence-electron chi connectivity index (χ3n) is 6.14. The van der Waals surface area contributed by atoms with Crippen molar-refractivity contribution in [1.29, 1.82) is 0 Å². The minimum Gasteiger partial charge on any atom is -0.341 e. The molecule has 1 aliphatic carbocycles. The first kappa shape index (κ1) is 18.5. The zero-order valence-electron chi connectivity index (χ0n) is 17.4. The number of rotatable bonds is 2. The Bertz CT molecular complexity index is 855. The normalized spacial score (nSPS) is 21.9. The minimum atomic E-state index is 0.0762. The molecule has 0 amide bonds. The Morgan fingerprint density at radius 3 is 2.26 bits per heavy atom. The van der Waals surface area contributed by atoms with Gasteiger partial charge in [-0.3, -0.25) is 4.79 Å². The zero-order valence-corrected chi connectivity index (χ0v) is 17.4. The van der Waals surface area contributed by atoms with Gasteiger partial charge in [-0.2, -0.15) is 0 Å². The highest BCUT2D eigenvalue weighted by molar-refractivity contribution is 5.99. The van der Waals surface area contributed by atoms with E-state index >= 15 is 0 Å². The van der Waals surface area contributed by atoms with E-state index in [4.69, 9.17) is 0 Å². The van der Waals surface area contributed by atoms with E-state index < -0.39 is 0 Å². The summed E-state index contributed by atoms with van der Waals surface area (Å²) in [5.74, 6) is 0.316. The number of ketones is 1. The van der Waals surface area contributed by atoms with Gasteiger partial charge in [0.1, 0.15) is 0 Å². The third-order valence-corrected chi connectivity index (χ3v) is 6.14. The van der Waals surface area contributed by atoms with E-state index in [9.17, 15) is 4.79 Å². The van der Waals surface area contributed by atoms with E-state index in [1.807, 2.05) is 0 Å². The highest BCUT2D eigenvalue weighted by atomic mass is 16.1. The Labute approximate surface area is 163 Å². The van der Waals surface area contributed by atoms with Crippen molar-refractivity contribution in [3.05, 3.63) is 47.2 Å². The molecule has 0 atom stereocenters. The average Bonchev–Trinajstić information content (AvgIpc) is 2.93. The number of aromatic nitrogens is 1. The first-order valence-corrected chi connectivity index (χ1v) is 10.3. The van der Waals surface area contributed by atoms with Gasteiger partial charge in [-0.1, -0.05) is 29.8 Å². The fourth-order valence-electron chi connectivity index (χ4n) is 5.43. The summed E-state index contributed by atoms with van der Waals surface area (Å²) < 4.78 is 2.53. The van der Waals surface area contributed by atoms with Crippen LogP contribution in [0.4, 0.5) is 0 Å². The second-order valence-corrected chi connectivity index (χ2v) is 9.86. The molecule has 0 saturated carbocycles. The molecule has 1 aromatic heterocycles. The lowest BCUT2D eigenvalue weighted by atomic mass is 9.79. The van der Waals surface area contributed by atoms with Crippen LogP contribution in [0.25, 0.3) is 11.3 Å². The smallest absolute Gasteiger partial charge is 0.164 e. The Morgan fingerprint density at radius 2 is 1.63 bits per heavy atom. The number of fused-ring (bicyclic) bond motifs is 1. The maximum absolute atomic E-state index is 12.6. The summed E-state index contributed by atoms with van der Waals surface area (Å²) in [6.45, 7) is 11.3. The van der Waals surface area contributed by atoms with Crippen LogP contribution in [-0.4, -0.2) is 21.4 Å². The van der Waals surface area contributed by atoms with Crippen LogP contribution < -0.4 is 5.32 Å². The molecule has 2 heterocycles. The highest BCUT2D eigenvalue weighted by Crippen LogP contribution is 2.42. The maximum atomic E-state index is 12.6. The van der Waals surface area contributed by atoms with Gasteiger partial charge in [-0.15, -0.1) is 0 Å². The number of Topliss-reactive ketones (excluding diaryl/α,β-unsaturated/α-hetero) is 1. The van der Waals surface area contributed by atoms with E-state index in [2.05, 4.69) is 74.8 Å². The molecule has 3 nitrogen and oxygen atoms in total. The van der Waals surface area contributed by atoms with Crippen LogP contribution in [-0.2, 0) is 6.42 Å². The monoisotopic (exact) mass is 364 g/mol. The topological polar surface area (TPSA) is 34.0 Å². The van der Waals surface area contributed by atoms with E-state index in [0.29, 0.717) is 18.2 Å². The number of hydrogen-bond donors (Lipinski definition) is 1. The second kappa shape index (κ2) is 6.34. The van der Waals surface area contributed by atoms with Crippen molar-refractivity contribution in [1.82, 2.24) is 9.88 Å². The number of benzene rings is 1. The van der Waals surface area contributed by atoms with Gasteiger partial charge < -0.3 is 9.88 Å². The van der Waals surface area contributed by atoms with Crippen molar-refractivity contribution >= 4 is 5.78 Å². The molecule has 144 valence electrons. The number of nitrogens with zero attached hydrogens (tertiary/aromatic N) is 1. The standard InChI is InChI=1S/C24H32N2O/c1-16-9-11-17(12-10-16)21-13-19-20(7-6-8-22(19)27)26(21)18-14-23(2,3)25-24(4,5)15-18/h9-13,18,25H,6-8,14-15H2,1-5H3. The van der Waals surface area contributed by atoms with Crippen molar-refractivity contribution in [3.63, 3.8) is 0 Å². The lowest BCUT2D eigenvalue weighted by Crippen LogP contribution is -2.58. The van der Waals surface area contributed by atoms with Gasteiger partial charge in [-0.25, -0.2) is 0 Å². The number of carbonyl (C=O) groups excluding carboxylic acids is 1. The molecule has 1 aliphatic heterocycles. The van der Waals surface area contributed by atoms with Gasteiger partial charge in [0.15, 0.2) is 5.78 Å². The van der Waals surface area contributed by atoms with Crippen molar-refractivity contribution < 1.29 is 4.79 Å². The van der Waals surface area contributed by atoms with E-state index in [1.165, 1.54) is 22.5 Å². The van der Waals surface area contributed by atoms with Crippen LogP contribution in [0.5, 0.6) is 0 Å². The van der Waals surface area contributed by atoms with Crippen molar-refractivity contribution in [2.45, 2.75) is 83.8 Å². The van der Waals surface area contributed by atoms with E-state index in [0.717, 1.165) is 31.2 Å². The molecule has 1 aromatic carbocycles. The van der Waals surface area contributed by atoms with Crippen molar-refractivity contribution in [2.75, 3.05) is 0 Å². The van der Waals surface area contributed by atoms with Crippen LogP contribution in [0.2, 0.25) is 0 Å². The number of piperidine rings is 1. The predicted molar refractivity (Wildman–Crippen MR) is 111 cm³/mol. The minimum absolute atomic E-state index is 0.0762. The summed E-state index contributed by atoms with van der Waals surface area (Å²) in [5.41, 5.74) is 6.08. The number of nitrogens with one attached hydrogen (secondary N) is 1. The molecule has 1 N–H and O–H groups in total. The summed E-state index contributed by atoms with van der Waals surface area (Å²) >= 11 is 0. The van der Waals surface area contributed by atoms with Crippen LogP contribution in [0.15, 0.2) is 30.3 Å². The highest BCUT2D eigenvalue weighted by Gasteiger charge is 2.40. The van der Waals surface area contributed by atoms with Crippen LogP contribution in [0, 0.1) is 6.92 Å². The van der Waals surface area contributed by atoms with E-state index in [1.54, 1.807) is 0 Å². The molecular weight excluding hydrogens is 332 g/mol. The first-order valence-electron chi connectivity index (χ1n) is 10.3. The fourth-order valence-corrected chi connectivity index (χ4v) is 5.43. The van der Waals surface area contributed by atoms with Crippen LogP contribution in [0.1, 0.15) is 81.0 Å². The largest absolute Gasteiger partial charge is 0.341 e. The van der Waals surface area contributed by atoms with E-state index in [-0.39, 0.29) is 11.1 Å². The first-order chi connectivity index (χ1) is 12.7. The quantitative estimate of drug-likeness (QED) is 0.767. The molecule has 0 radical (unpaired) electrons. The maximum Gasteiger partial charge on any atom is 0.164 e. The molecule has 0 spiro atoms. The average molecular weight is 365 g/mol. The summed E-state index contributed by atoms with van der Waals surface area (Å²) in [6, 6.07) is 11.3.